The number of anilines is 1. The summed E-state index contributed by atoms with van der Waals surface area (Å²) in [5, 5.41) is 2.95. The quantitative estimate of drug-likeness (QED) is 0.675. The molecule has 5 heteroatoms. The van der Waals surface area contributed by atoms with Crippen molar-refractivity contribution in [2.45, 2.75) is 27.7 Å². The Hall–Kier alpha value is -2.53. The summed E-state index contributed by atoms with van der Waals surface area (Å²) in [5.74, 6) is 1.32. The lowest BCUT2D eigenvalue weighted by atomic mass is 10.1. The van der Waals surface area contributed by atoms with Crippen LogP contribution in [0.4, 0.5) is 5.69 Å². The maximum Gasteiger partial charge on any atom is 0.255 e. The summed E-state index contributed by atoms with van der Waals surface area (Å²) >= 11 is 0. The largest absolute Gasteiger partial charge is 0.494 e. The summed E-state index contributed by atoms with van der Waals surface area (Å²) in [7, 11) is 0. The SMILES string of the molecule is CCOc1ccc(C(=O)Nc2ccccc2OCCN(CC)CC)cc1C. The van der Waals surface area contributed by atoms with Gasteiger partial charge in [0.15, 0.2) is 0 Å². The molecule has 0 fully saturated rings. The third-order valence-corrected chi connectivity index (χ3v) is 4.43. The number of hydrogen-bond donors (Lipinski definition) is 1. The molecule has 0 unspecified atom stereocenters. The molecule has 0 saturated carbocycles. The van der Waals surface area contributed by atoms with Crippen LogP contribution >= 0.6 is 0 Å². The Balaban J connectivity index is 2.04. The lowest BCUT2D eigenvalue weighted by Crippen LogP contribution is -2.28. The second-order valence-electron chi connectivity index (χ2n) is 6.24. The number of para-hydroxylation sites is 2. The van der Waals surface area contributed by atoms with Gasteiger partial charge in [-0.3, -0.25) is 4.79 Å². The summed E-state index contributed by atoms with van der Waals surface area (Å²) in [6, 6.07) is 13.0. The predicted molar refractivity (Wildman–Crippen MR) is 110 cm³/mol. The van der Waals surface area contributed by atoms with Gasteiger partial charge in [0.1, 0.15) is 18.1 Å². The van der Waals surface area contributed by atoms with Crippen molar-refractivity contribution in [2.24, 2.45) is 0 Å². The molecule has 0 atom stereocenters. The van der Waals surface area contributed by atoms with Crippen LogP contribution in [0.5, 0.6) is 11.5 Å². The van der Waals surface area contributed by atoms with Gasteiger partial charge in [0.05, 0.1) is 12.3 Å². The van der Waals surface area contributed by atoms with Gasteiger partial charge in [-0.25, -0.2) is 0 Å². The Morgan fingerprint density at radius 1 is 1.00 bits per heavy atom. The number of likely N-dealkylation sites (N-methyl/N-ethyl adjacent to an activating group) is 1. The molecule has 0 aliphatic rings. The first-order chi connectivity index (χ1) is 13.1. The van der Waals surface area contributed by atoms with Crippen molar-refractivity contribution in [2.75, 3.05) is 38.2 Å². The van der Waals surface area contributed by atoms with E-state index in [9.17, 15) is 4.79 Å². The minimum atomic E-state index is -0.166. The normalized spacial score (nSPS) is 10.7. The molecular weight excluding hydrogens is 340 g/mol. The fraction of sp³-hybridized carbons (Fsp3) is 0.409. The second kappa shape index (κ2) is 10.6. The number of nitrogens with zero attached hydrogens (tertiary/aromatic N) is 1. The van der Waals surface area contributed by atoms with E-state index in [2.05, 4.69) is 24.1 Å². The van der Waals surface area contributed by atoms with Crippen molar-refractivity contribution in [3.63, 3.8) is 0 Å². The Labute approximate surface area is 162 Å². The van der Waals surface area contributed by atoms with E-state index in [1.165, 1.54) is 0 Å². The standard InChI is InChI=1S/C22H30N2O3/c1-5-24(6-2)14-15-27-21-11-9-8-10-19(21)23-22(25)18-12-13-20(26-7-3)17(4)16-18/h8-13,16H,5-7,14-15H2,1-4H3,(H,23,25). The number of carbonyl (C=O) groups excluding carboxylic acids is 1. The Morgan fingerprint density at radius 3 is 2.41 bits per heavy atom. The molecule has 0 aliphatic heterocycles. The first kappa shape index (κ1) is 20.8. The maximum atomic E-state index is 12.6. The van der Waals surface area contributed by atoms with Gasteiger partial charge in [0.25, 0.3) is 5.91 Å². The van der Waals surface area contributed by atoms with Gasteiger partial charge in [-0.2, -0.15) is 0 Å². The van der Waals surface area contributed by atoms with Crippen LogP contribution in [0.3, 0.4) is 0 Å². The Morgan fingerprint density at radius 2 is 1.74 bits per heavy atom. The lowest BCUT2D eigenvalue weighted by molar-refractivity contribution is 0.102. The van der Waals surface area contributed by atoms with Gasteiger partial charge in [-0.1, -0.05) is 26.0 Å². The van der Waals surface area contributed by atoms with Gasteiger partial charge >= 0.3 is 0 Å². The number of aryl methyl sites for hydroxylation is 1. The minimum Gasteiger partial charge on any atom is -0.494 e. The fourth-order valence-electron chi connectivity index (χ4n) is 2.82. The number of hydrogen-bond acceptors (Lipinski definition) is 4. The molecule has 0 spiro atoms. The monoisotopic (exact) mass is 370 g/mol. The Bertz CT molecular complexity index is 742. The highest BCUT2D eigenvalue weighted by atomic mass is 16.5. The zero-order valence-corrected chi connectivity index (χ0v) is 16.7. The molecule has 27 heavy (non-hydrogen) atoms. The third-order valence-electron chi connectivity index (χ3n) is 4.43. The number of amides is 1. The first-order valence-electron chi connectivity index (χ1n) is 9.58. The molecule has 0 bridgehead atoms. The van der Waals surface area contributed by atoms with Crippen molar-refractivity contribution in [1.82, 2.24) is 4.90 Å². The predicted octanol–water partition coefficient (Wildman–Crippen LogP) is 4.37. The average Bonchev–Trinajstić information content (AvgIpc) is 2.68. The smallest absolute Gasteiger partial charge is 0.255 e. The van der Waals surface area contributed by atoms with E-state index in [-0.39, 0.29) is 5.91 Å². The molecule has 1 amide bonds. The van der Waals surface area contributed by atoms with Crippen molar-refractivity contribution in [3.05, 3.63) is 53.6 Å². The fourth-order valence-corrected chi connectivity index (χ4v) is 2.82. The van der Waals surface area contributed by atoms with Gasteiger partial charge < -0.3 is 19.7 Å². The molecular formula is C22H30N2O3. The number of carbonyl (C=O) groups is 1. The van der Waals surface area contributed by atoms with E-state index >= 15 is 0 Å². The maximum absolute atomic E-state index is 12.6. The minimum absolute atomic E-state index is 0.166. The van der Waals surface area contributed by atoms with E-state index in [1.807, 2.05) is 50.2 Å². The van der Waals surface area contributed by atoms with E-state index in [1.54, 1.807) is 6.07 Å². The van der Waals surface area contributed by atoms with Crippen LogP contribution in [0, 0.1) is 6.92 Å². The van der Waals surface area contributed by atoms with Crippen LogP contribution < -0.4 is 14.8 Å². The molecule has 0 aromatic heterocycles. The van der Waals surface area contributed by atoms with Gasteiger partial charge in [-0.05, 0) is 62.8 Å². The highest BCUT2D eigenvalue weighted by molar-refractivity contribution is 6.05. The molecule has 146 valence electrons. The summed E-state index contributed by atoms with van der Waals surface area (Å²) in [6.07, 6.45) is 0. The third kappa shape index (κ3) is 6.00. The van der Waals surface area contributed by atoms with Crippen LogP contribution in [0.25, 0.3) is 0 Å². The zero-order chi connectivity index (χ0) is 19.6. The van der Waals surface area contributed by atoms with Crippen LogP contribution in [0.1, 0.15) is 36.7 Å². The van der Waals surface area contributed by atoms with Crippen molar-refractivity contribution >= 4 is 11.6 Å². The molecule has 0 radical (unpaired) electrons. The highest BCUT2D eigenvalue weighted by Crippen LogP contribution is 2.25. The van der Waals surface area contributed by atoms with Crippen LogP contribution in [0.2, 0.25) is 0 Å². The number of benzene rings is 2. The average molecular weight is 370 g/mol. The molecule has 5 nitrogen and oxygen atoms in total. The first-order valence-corrected chi connectivity index (χ1v) is 9.58. The lowest BCUT2D eigenvalue weighted by Gasteiger charge is -2.19. The summed E-state index contributed by atoms with van der Waals surface area (Å²) < 4.78 is 11.4. The number of ether oxygens (including phenoxy) is 2. The van der Waals surface area contributed by atoms with Crippen molar-refractivity contribution in [1.29, 1.82) is 0 Å². The topological polar surface area (TPSA) is 50.8 Å². The van der Waals surface area contributed by atoms with Crippen LogP contribution in [-0.4, -0.2) is 43.7 Å². The van der Waals surface area contributed by atoms with Gasteiger partial charge in [0, 0.05) is 12.1 Å². The molecule has 1 N–H and O–H groups in total. The number of nitrogens with one attached hydrogen (secondary N) is 1. The molecule has 0 aliphatic carbocycles. The summed E-state index contributed by atoms with van der Waals surface area (Å²) in [4.78, 5) is 14.9. The summed E-state index contributed by atoms with van der Waals surface area (Å²) in [6.45, 7) is 12.2. The number of rotatable bonds is 10. The van der Waals surface area contributed by atoms with Gasteiger partial charge in [-0.15, -0.1) is 0 Å². The Kier molecular flexibility index (Phi) is 8.14. The van der Waals surface area contributed by atoms with E-state index in [0.29, 0.717) is 30.2 Å². The highest BCUT2D eigenvalue weighted by Gasteiger charge is 2.12. The molecule has 2 aromatic carbocycles. The van der Waals surface area contributed by atoms with E-state index in [4.69, 9.17) is 9.47 Å². The van der Waals surface area contributed by atoms with E-state index < -0.39 is 0 Å². The van der Waals surface area contributed by atoms with Crippen LogP contribution in [0.15, 0.2) is 42.5 Å². The zero-order valence-electron chi connectivity index (χ0n) is 16.7. The molecule has 0 heterocycles. The van der Waals surface area contributed by atoms with Gasteiger partial charge in [0.2, 0.25) is 0 Å². The molecule has 2 rings (SSSR count). The van der Waals surface area contributed by atoms with Crippen molar-refractivity contribution in [3.8, 4) is 11.5 Å². The summed E-state index contributed by atoms with van der Waals surface area (Å²) in [5.41, 5.74) is 2.20. The van der Waals surface area contributed by atoms with Crippen molar-refractivity contribution < 1.29 is 14.3 Å². The molecule has 0 saturated heterocycles. The second-order valence-corrected chi connectivity index (χ2v) is 6.24. The van der Waals surface area contributed by atoms with Crippen LogP contribution in [-0.2, 0) is 0 Å². The molecule has 2 aromatic rings. The van der Waals surface area contributed by atoms with E-state index in [0.717, 1.165) is 30.9 Å².